The molecule has 44 heavy (non-hydrogen) atoms. The minimum absolute atomic E-state index is 0.000995. The van der Waals surface area contributed by atoms with Crippen molar-refractivity contribution in [1.29, 1.82) is 0 Å². The number of nitrogens with one attached hydrogen (secondary N) is 1. The van der Waals surface area contributed by atoms with Crippen LogP contribution < -0.4 is 5.32 Å². The van der Waals surface area contributed by atoms with Gasteiger partial charge < -0.3 is 10.1 Å². The Morgan fingerprint density at radius 2 is 1.32 bits per heavy atom. The summed E-state index contributed by atoms with van der Waals surface area (Å²) in [5, 5.41) is 2.85. The Labute approximate surface area is 264 Å². The first-order valence-electron chi connectivity index (χ1n) is 15.9. The van der Waals surface area contributed by atoms with Gasteiger partial charge in [-0.3, -0.25) is 43.4 Å². The highest BCUT2D eigenvalue weighted by atomic mass is 16.6. The summed E-state index contributed by atoms with van der Waals surface area (Å²) in [5.74, 6) is -1.66. The third-order valence-corrected chi connectivity index (χ3v) is 6.89. The first-order valence-corrected chi connectivity index (χ1v) is 15.9. The largest absolute Gasteiger partial charge is 0.459 e. The Hall–Kier alpha value is -2.79. The zero-order valence-corrected chi connectivity index (χ0v) is 28.4. The standard InChI is InChI=1S/C33H57N3O8/c1-9-14-31(42)34-17-12-10-15-28(27(5)40)19-30(41)29(36(21-25(3)38)22-26(4)39)16-11-13-18-35(20-24(2)37)23-32(43)44-33(6,7)8/h28-29H,9-23H2,1-8H3,(H,34,42)/t28-,29+/m1/s1. The molecule has 1 N–H and O–H groups in total. The number of ketones is 5. The van der Waals surface area contributed by atoms with E-state index in [1.165, 1.54) is 27.7 Å². The van der Waals surface area contributed by atoms with Gasteiger partial charge in [0.1, 0.15) is 28.7 Å². The molecule has 0 bridgehead atoms. The Bertz CT molecular complexity index is 957. The van der Waals surface area contributed by atoms with Crippen molar-refractivity contribution in [2.75, 3.05) is 39.3 Å². The van der Waals surface area contributed by atoms with Gasteiger partial charge >= 0.3 is 5.97 Å². The van der Waals surface area contributed by atoms with E-state index in [0.717, 1.165) is 6.42 Å². The lowest BCUT2D eigenvalue weighted by Crippen LogP contribution is -2.46. The Morgan fingerprint density at radius 3 is 1.82 bits per heavy atom. The van der Waals surface area contributed by atoms with Crippen LogP contribution in [-0.2, 0) is 38.3 Å². The maximum atomic E-state index is 13.7. The van der Waals surface area contributed by atoms with Gasteiger partial charge in [-0.15, -0.1) is 0 Å². The maximum Gasteiger partial charge on any atom is 0.320 e. The predicted octanol–water partition coefficient (Wildman–Crippen LogP) is 3.49. The van der Waals surface area contributed by atoms with E-state index in [2.05, 4.69) is 5.32 Å². The molecule has 0 saturated heterocycles. The van der Waals surface area contributed by atoms with Gasteiger partial charge in [0.15, 0.2) is 5.78 Å². The molecule has 0 aliphatic heterocycles. The lowest BCUT2D eigenvalue weighted by molar-refractivity contribution is -0.156. The summed E-state index contributed by atoms with van der Waals surface area (Å²) >= 11 is 0. The molecule has 0 heterocycles. The van der Waals surface area contributed by atoms with Gasteiger partial charge in [0, 0.05) is 25.3 Å². The van der Waals surface area contributed by atoms with E-state index in [0.29, 0.717) is 58.0 Å². The fourth-order valence-electron chi connectivity index (χ4n) is 5.04. The highest BCUT2D eigenvalue weighted by Gasteiger charge is 2.30. The first-order chi connectivity index (χ1) is 20.4. The van der Waals surface area contributed by atoms with Gasteiger partial charge in [0.25, 0.3) is 0 Å². The summed E-state index contributed by atoms with van der Waals surface area (Å²) in [5.41, 5.74) is -0.647. The number of amides is 1. The third-order valence-electron chi connectivity index (χ3n) is 6.89. The molecule has 0 rings (SSSR count). The van der Waals surface area contributed by atoms with Crippen LogP contribution in [0.4, 0.5) is 0 Å². The molecule has 0 aromatic heterocycles. The normalized spacial score (nSPS) is 13.0. The fourth-order valence-corrected chi connectivity index (χ4v) is 5.04. The summed E-state index contributed by atoms with van der Waals surface area (Å²) < 4.78 is 5.40. The molecule has 0 aliphatic rings. The van der Waals surface area contributed by atoms with Gasteiger partial charge in [-0.25, -0.2) is 0 Å². The number of Topliss-reactive ketones (excluding diaryl/α,β-unsaturated/α-hetero) is 5. The van der Waals surface area contributed by atoms with E-state index in [1.54, 1.807) is 30.6 Å². The highest BCUT2D eigenvalue weighted by Crippen LogP contribution is 2.20. The molecule has 11 heteroatoms. The topological polar surface area (TPSA) is 147 Å². The van der Waals surface area contributed by atoms with Gasteiger partial charge in [-0.2, -0.15) is 0 Å². The van der Waals surface area contributed by atoms with E-state index < -0.39 is 23.5 Å². The van der Waals surface area contributed by atoms with Crippen LogP contribution in [0.25, 0.3) is 0 Å². The average Bonchev–Trinajstić information content (AvgIpc) is 2.85. The predicted molar refractivity (Wildman–Crippen MR) is 169 cm³/mol. The molecule has 0 aromatic carbocycles. The fraction of sp³-hybridized carbons (Fsp3) is 0.788. The van der Waals surface area contributed by atoms with Crippen LogP contribution in [0.3, 0.4) is 0 Å². The molecule has 11 nitrogen and oxygen atoms in total. The highest BCUT2D eigenvalue weighted by molar-refractivity contribution is 5.91. The lowest BCUT2D eigenvalue weighted by atomic mass is 9.88. The molecule has 252 valence electrons. The monoisotopic (exact) mass is 623 g/mol. The van der Waals surface area contributed by atoms with Gasteiger partial charge in [0.2, 0.25) is 5.91 Å². The van der Waals surface area contributed by atoms with Crippen LogP contribution in [0.5, 0.6) is 0 Å². The molecular formula is C33H57N3O8. The lowest BCUT2D eigenvalue weighted by Gasteiger charge is -2.30. The van der Waals surface area contributed by atoms with Crippen molar-refractivity contribution < 1.29 is 38.3 Å². The van der Waals surface area contributed by atoms with Crippen molar-refractivity contribution in [2.24, 2.45) is 5.92 Å². The van der Waals surface area contributed by atoms with Crippen molar-refractivity contribution in [3.63, 3.8) is 0 Å². The van der Waals surface area contributed by atoms with Crippen LogP contribution in [0.1, 0.15) is 113 Å². The second kappa shape index (κ2) is 21.8. The van der Waals surface area contributed by atoms with Crippen LogP contribution >= 0.6 is 0 Å². The second-order valence-corrected chi connectivity index (χ2v) is 12.9. The molecule has 0 saturated carbocycles. The maximum absolute atomic E-state index is 13.7. The number of ether oxygens (including phenoxy) is 1. The molecule has 0 spiro atoms. The van der Waals surface area contributed by atoms with Crippen LogP contribution in [0.2, 0.25) is 0 Å². The number of carbonyl (C=O) groups excluding carboxylic acids is 7. The Kier molecular flexibility index (Phi) is 20.4. The van der Waals surface area contributed by atoms with E-state index in [9.17, 15) is 33.6 Å². The van der Waals surface area contributed by atoms with Crippen LogP contribution in [-0.4, -0.2) is 102 Å². The van der Waals surface area contributed by atoms with Crippen LogP contribution in [0, 0.1) is 5.92 Å². The zero-order chi connectivity index (χ0) is 33.9. The molecule has 0 aromatic rings. The summed E-state index contributed by atoms with van der Waals surface area (Å²) in [4.78, 5) is 89.5. The number of esters is 1. The number of carbonyl (C=O) groups is 7. The van der Waals surface area contributed by atoms with E-state index >= 15 is 0 Å². The number of hydrogen-bond acceptors (Lipinski definition) is 10. The van der Waals surface area contributed by atoms with Crippen molar-refractivity contribution >= 4 is 40.8 Å². The smallest absolute Gasteiger partial charge is 0.320 e. The number of hydrogen-bond donors (Lipinski definition) is 1. The minimum Gasteiger partial charge on any atom is -0.459 e. The van der Waals surface area contributed by atoms with Gasteiger partial charge in [-0.1, -0.05) is 19.8 Å². The summed E-state index contributed by atoms with van der Waals surface area (Å²) in [6, 6.07) is -0.731. The molecule has 0 aliphatic carbocycles. The number of unbranched alkanes of at least 4 members (excludes halogenated alkanes) is 2. The second-order valence-electron chi connectivity index (χ2n) is 12.9. The van der Waals surface area contributed by atoms with Crippen molar-refractivity contribution in [2.45, 2.75) is 125 Å². The molecule has 0 unspecified atom stereocenters. The van der Waals surface area contributed by atoms with Crippen molar-refractivity contribution in [1.82, 2.24) is 15.1 Å². The SMILES string of the molecule is CCCC(=O)NCCCC[C@H](CC(=O)[C@H](CCCCN(CC(C)=O)CC(=O)OC(C)(C)C)N(CC(C)=O)CC(C)=O)C(C)=O. The van der Waals surface area contributed by atoms with E-state index in [-0.39, 0.29) is 67.4 Å². The summed E-state index contributed by atoms with van der Waals surface area (Å²) in [6.07, 6.45) is 4.57. The van der Waals surface area contributed by atoms with E-state index in [1.807, 2.05) is 6.92 Å². The zero-order valence-electron chi connectivity index (χ0n) is 28.4. The van der Waals surface area contributed by atoms with E-state index in [4.69, 9.17) is 4.74 Å². The molecule has 1 amide bonds. The summed E-state index contributed by atoms with van der Waals surface area (Å²) in [7, 11) is 0. The van der Waals surface area contributed by atoms with Crippen molar-refractivity contribution in [3.05, 3.63) is 0 Å². The first kappa shape index (κ1) is 41.2. The van der Waals surface area contributed by atoms with Gasteiger partial charge in [-0.05, 0) is 87.1 Å². The molecule has 0 radical (unpaired) electrons. The summed E-state index contributed by atoms with van der Waals surface area (Å²) in [6.45, 7) is 13.8. The Morgan fingerprint density at radius 1 is 0.750 bits per heavy atom. The molecule has 0 fully saturated rings. The molecule has 2 atom stereocenters. The Balaban J connectivity index is 5.50. The van der Waals surface area contributed by atoms with Gasteiger partial charge in [0.05, 0.1) is 32.2 Å². The third kappa shape index (κ3) is 21.0. The quantitative estimate of drug-likeness (QED) is 0.118. The number of nitrogens with zero attached hydrogens (tertiary/aromatic N) is 2. The minimum atomic E-state index is -0.731. The molecular weight excluding hydrogens is 566 g/mol. The average molecular weight is 624 g/mol. The van der Waals surface area contributed by atoms with Crippen LogP contribution in [0.15, 0.2) is 0 Å². The number of rotatable bonds is 25. The van der Waals surface area contributed by atoms with Crippen molar-refractivity contribution in [3.8, 4) is 0 Å².